The maximum absolute atomic E-state index is 11.8. The fourth-order valence-electron chi connectivity index (χ4n) is 2.07. The SMILES string of the molecule is CNC(=O)C(C)(C)OCCOC(C)(C)CNC(=O)CCCNC(C)C. The van der Waals surface area contributed by atoms with Gasteiger partial charge in [0.05, 0.1) is 18.8 Å². The van der Waals surface area contributed by atoms with Crippen LogP contribution in [-0.4, -0.2) is 62.4 Å². The van der Waals surface area contributed by atoms with Crippen LogP contribution in [0.15, 0.2) is 0 Å². The lowest BCUT2D eigenvalue weighted by Crippen LogP contribution is -2.44. The van der Waals surface area contributed by atoms with E-state index >= 15 is 0 Å². The molecule has 0 bridgehead atoms. The standard InChI is InChI=1S/C18H37N3O4/c1-14(2)20-10-8-9-15(22)21-13-17(3,4)24-11-12-25-18(5,6)16(23)19-7/h14,20H,8-13H2,1-7H3,(H,19,23)(H,21,22). The van der Waals surface area contributed by atoms with Gasteiger partial charge < -0.3 is 25.4 Å². The molecule has 0 saturated heterocycles. The van der Waals surface area contributed by atoms with Gasteiger partial charge in [0.25, 0.3) is 5.91 Å². The minimum Gasteiger partial charge on any atom is -0.371 e. The van der Waals surface area contributed by atoms with Gasteiger partial charge in [-0.05, 0) is 40.7 Å². The van der Waals surface area contributed by atoms with Crippen molar-refractivity contribution in [1.82, 2.24) is 16.0 Å². The zero-order valence-corrected chi connectivity index (χ0v) is 17.0. The molecule has 0 radical (unpaired) electrons. The van der Waals surface area contributed by atoms with Crippen LogP contribution in [0.4, 0.5) is 0 Å². The quantitative estimate of drug-likeness (QED) is 0.430. The average Bonchev–Trinajstić information content (AvgIpc) is 2.53. The van der Waals surface area contributed by atoms with E-state index in [2.05, 4.69) is 29.8 Å². The number of hydrogen-bond acceptors (Lipinski definition) is 5. The normalized spacial score (nSPS) is 12.3. The number of amides is 2. The number of rotatable bonds is 13. The summed E-state index contributed by atoms with van der Waals surface area (Å²) in [5, 5.41) is 8.75. The van der Waals surface area contributed by atoms with Gasteiger partial charge in [0.1, 0.15) is 5.60 Å². The molecule has 0 atom stereocenters. The molecule has 7 nitrogen and oxygen atoms in total. The molecule has 0 aromatic heterocycles. The van der Waals surface area contributed by atoms with E-state index in [1.807, 2.05) is 13.8 Å². The lowest BCUT2D eigenvalue weighted by Gasteiger charge is -2.28. The molecule has 0 heterocycles. The van der Waals surface area contributed by atoms with Crippen LogP contribution in [0.5, 0.6) is 0 Å². The molecule has 0 aromatic carbocycles. The third kappa shape index (κ3) is 11.9. The van der Waals surface area contributed by atoms with Crippen LogP contribution < -0.4 is 16.0 Å². The lowest BCUT2D eigenvalue weighted by molar-refractivity contribution is -0.146. The average molecular weight is 360 g/mol. The van der Waals surface area contributed by atoms with Crippen molar-refractivity contribution < 1.29 is 19.1 Å². The predicted molar refractivity (Wildman–Crippen MR) is 99.5 cm³/mol. The molecule has 0 unspecified atom stereocenters. The monoisotopic (exact) mass is 359 g/mol. The molecule has 0 aliphatic carbocycles. The van der Waals surface area contributed by atoms with Gasteiger partial charge in [-0.2, -0.15) is 0 Å². The molecule has 0 aromatic rings. The van der Waals surface area contributed by atoms with Gasteiger partial charge in [0.2, 0.25) is 5.91 Å². The van der Waals surface area contributed by atoms with Crippen molar-refractivity contribution >= 4 is 11.8 Å². The van der Waals surface area contributed by atoms with E-state index in [4.69, 9.17) is 9.47 Å². The predicted octanol–water partition coefficient (Wildman–Crippen LogP) is 1.22. The van der Waals surface area contributed by atoms with Gasteiger partial charge in [-0.1, -0.05) is 13.8 Å². The Bertz CT molecular complexity index is 409. The van der Waals surface area contributed by atoms with E-state index in [0.29, 0.717) is 32.2 Å². The number of ether oxygens (including phenoxy) is 2. The van der Waals surface area contributed by atoms with Gasteiger partial charge in [-0.15, -0.1) is 0 Å². The second kappa shape index (κ2) is 11.4. The Morgan fingerprint density at radius 2 is 1.64 bits per heavy atom. The van der Waals surface area contributed by atoms with E-state index < -0.39 is 11.2 Å². The van der Waals surface area contributed by atoms with Crippen molar-refractivity contribution in [2.75, 3.05) is 33.4 Å². The van der Waals surface area contributed by atoms with Crippen molar-refractivity contribution in [2.24, 2.45) is 0 Å². The Morgan fingerprint density at radius 3 is 2.20 bits per heavy atom. The molecular weight excluding hydrogens is 322 g/mol. The second-order valence-electron chi connectivity index (χ2n) is 7.54. The Labute approximate surface area is 152 Å². The summed E-state index contributed by atoms with van der Waals surface area (Å²) in [4.78, 5) is 23.5. The second-order valence-corrected chi connectivity index (χ2v) is 7.54. The minimum atomic E-state index is -0.888. The Kier molecular flexibility index (Phi) is 10.9. The highest BCUT2D eigenvalue weighted by atomic mass is 16.5. The lowest BCUT2D eigenvalue weighted by atomic mass is 10.1. The molecule has 0 rings (SSSR count). The summed E-state index contributed by atoms with van der Waals surface area (Å²) in [6.45, 7) is 13.3. The first kappa shape index (κ1) is 23.8. The highest BCUT2D eigenvalue weighted by Crippen LogP contribution is 2.11. The molecule has 2 amide bonds. The topological polar surface area (TPSA) is 88.7 Å². The maximum atomic E-state index is 11.8. The van der Waals surface area contributed by atoms with Crippen LogP contribution in [0.2, 0.25) is 0 Å². The molecule has 7 heteroatoms. The molecular formula is C18H37N3O4. The number of carbonyl (C=O) groups excluding carboxylic acids is 2. The molecule has 0 spiro atoms. The first-order chi connectivity index (χ1) is 11.5. The zero-order chi connectivity index (χ0) is 19.5. The summed E-state index contributed by atoms with van der Waals surface area (Å²) >= 11 is 0. The van der Waals surface area contributed by atoms with E-state index in [1.54, 1.807) is 20.9 Å². The molecule has 25 heavy (non-hydrogen) atoms. The van der Waals surface area contributed by atoms with E-state index in [0.717, 1.165) is 13.0 Å². The van der Waals surface area contributed by atoms with Crippen LogP contribution >= 0.6 is 0 Å². The summed E-state index contributed by atoms with van der Waals surface area (Å²) in [5.74, 6) is -0.148. The number of carbonyl (C=O) groups is 2. The smallest absolute Gasteiger partial charge is 0.251 e. The van der Waals surface area contributed by atoms with Gasteiger partial charge in [-0.3, -0.25) is 9.59 Å². The fourth-order valence-corrected chi connectivity index (χ4v) is 2.07. The molecule has 0 fully saturated rings. The minimum absolute atomic E-state index is 0.0271. The molecule has 3 N–H and O–H groups in total. The molecule has 0 saturated carbocycles. The van der Waals surface area contributed by atoms with E-state index in [9.17, 15) is 9.59 Å². The van der Waals surface area contributed by atoms with Gasteiger partial charge in [0, 0.05) is 26.1 Å². The highest BCUT2D eigenvalue weighted by molar-refractivity contribution is 5.83. The fraction of sp³-hybridized carbons (Fsp3) is 0.889. The highest BCUT2D eigenvalue weighted by Gasteiger charge is 2.27. The summed E-state index contributed by atoms with van der Waals surface area (Å²) in [6, 6.07) is 0.436. The number of likely N-dealkylation sites (N-methyl/N-ethyl adjacent to an activating group) is 1. The van der Waals surface area contributed by atoms with Gasteiger partial charge in [0.15, 0.2) is 0 Å². The van der Waals surface area contributed by atoms with Crippen molar-refractivity contribution in [2.45, 2.75) is 71.6 Å². The van der Waals surface area contributed by atoms with Crippen LogP contribution in [-0.2, 0) is 19.1 Å². The Morgan fingerprint density at radius 1 is 1.04 bits per heavy atom. The molecule has 0 aliphatic heterocycles. The number of hydrogen-bond donors (Lipinski definition) is 3. The van der Waals surface area contributed by atoms with Crippen molar-refractivity contribution in [3.63, 3.8) is 0 Å². The summed E-state index contributed by atoms with van der Waals surface area (Å²) in [7, 11) is 1.58. The van der Waals surface area contributed by atoms with Crippen molar-refractivity contribution in [1.29, 1.82) is 0 Å². The van der Waals surface area contributed by atoms with E-state index in [1.165, 1.54) is 0 Å². The Balaban J connectivity index is 3.93. The van der Waals surface area contributed by atoms with Gasteiger partial charge in [-0.25, -0.2) is 0 Å². The van der Waals surface area contributed by atoms with Crippen molar-refractivity contribution in [3.8, 4) is 0 Å². The third-order valence-corrected chi connectivity index (χ3v) is 3.66. The van der Waals surface area contributed by atoms with Crippen molar-refractivity contribution in [3.05, 3.63) is 0 Å². The van der Waals surface area contributed by atoms with Crippen LogP contribution in [0.25, 0.3) is 0 Å². The van der Waals surface area contributed by atoms with Crippen LogP contribution in [0, 0.1) is 0 Å². The zero-order valence-electron chi connectivity index (χ0n) is 17.0. The third-order valence-electron chi connectivity index (χ3n) is 3.66. The summed E-state index contributed by atoms with van der Waals surface area (Å²) in [6.07, 6.45) is 1.31. The van der Waals surface area contributed by atoms with Crippen LogP contribution in [0.1, 0.15) is 54.4 Å². The Hall–Kier alpha value is -1.18. The first-order valence-electron chi connectivity index (χ1n) is 9.00. The summed E-state index contributed by atoms with van der Waals surface area (Å²) < 4.78 is 11.3. The summed E-state index contributed by atoms with van der Waals surface area (Å²) in [5.41, 5.74) is -1.38. The largest absolute Gasteiger partial charge is 0.371 e. The molecule has 0 aliphatic rings. The van der Waals surface area contributed by atoms with Gasteiger partial charge >= 0.3 is 0 Å². The maximum Gasteiger partial charge on any atom is 0.251 e. The molecule has 148 valence electrons. The number of nitrogens with one attached hydrogen (secondary N) is 3. The van der Waals surface area contributed by atoms with E-state index in [-0.39, 0.29) is 11.8 Å². The first-order valence-corrected chi connectivity index (χ1v) is 9.00. The van der Waals surface area contributed by atoms with Crippen LogP contribution in [0.3, 0.4) is 0 Å².